The van der Waals surface area contributed by atoms with Crippen molar-refractivity contribution in [1.82, 2.24) is 14.4 Å². The smallest absolute Gasteiger partial charge is 0.171 e. The lowest BCUT2D eigenvalue weighted by atomic mass is 9.74. The lowest BCUT2D eigenvalue weighted by Crippen LogP contribution is -2.47. The molecular formula is C22H25Cl2N5OS. The van der Waals surface area contributed by atoms with Gasteiger partial charge in [0, 0.05) is 24.0 Å². The maximum atomic E-state index is 9.95. The van der Waals surface area contributed by atoms with Gasteiger partial charge in [0.15, 0.2) is 5.65 Å². The van der Waals surface area contributed by atoms with Crippen LogP contribution in [0.5, 0.6) is 0 Å². The molecule has 1 saturated heterocycles. The summed E-state index contributed by atoms with van der Waals surface area (Å²) in [4.78, 5) is 12.5. The molecule has 1 atom stereocenters. The van der Waals surface area contributed by atoms with Crippen LogP contribution in [0.2, 0.25) is 10.0 Å². The zero-order chi connectivity index (χ0) is 21.6. The molecule has 9 heteroatoms. The minimum absolute atomic E-state index is 0.0944. The molecule has 0 radical (unpaired) electrons. The molecule has 164 valence electrons. The molecule has 3 N–H and O–H groups in total. The first-order valence-electron chi connectivity index (χ1n) is 10.6. The number of piperidine rings is 1. The third-order valence-electron chi connectivity index (χ3n) is 6.90. The van der Waals surface area contributed by atoms with Gasteiger partial charge in [-0.1, -0.05) is 47.5 Å². The summed E-state index contributed by atoms with van der Waals surface area (Å²) in [6, 6.07) is 5.86. The molecule has 2 fully saturated rings. The topological polar surface area (TPSA) is 79.7 Å². The van der Waals surface area contributed by atoms with Crippen molar-refractivity contribution in [3.63, 3.8) is 0 Å². The maximum Gasteiger partial charge on any atom is 0.171 e. The minimum atomic E-state index is -0.0944. The molecule has 1 aliphatic heterocycles. The van der Waals surface area contributed by atoms with Crippen LogP contribution in [-0.4, -0.2) is 38.6 Å². The number of nitrogens with two attached hydrogens (primary N) is 1. The number of aliphatic hydroxyl groups is 1. The third kappa shape index (κ3) is 3.70. The van der Waals surface area contributed by atoms with E-state index in [-0.39, 0.29) is 12.0 Å². The molecule has 1 saturated carbocycles. The van der Waals surface area contributed by atoms with Crippen molar-refractivity contribution in [2.45, 2.75) is 54.7 Å². The van der Waals surface area contributed by atoms with Gasteiger partial charge in [0.2, 0.25) is 0 Å². The number of aliphatic hydroxyl groups excluding tert-OH is 1. The molecule has 1 aromatic carbocycles. The molecule has 1 spiro atoms. The van der Waals surface area contributed by atoms with Crippen molar-refractivity contribution in [3.05, 3.63) is 46.3 Å². The Balaban J connectivity index is 1.48. The average molecular weight is 478 g/mol. The summed E-state index contributed by atoms with van der Waals surface area (Å²) in [6.07, 6.45) is 9.38. The Morgan fingerprint density at radius 3 is 2.68 bits per heavy atom. The Bertz CT molecular complexity index is 1110. The van der Waals surface area contributed by atoms with Crippen LogP contribution in [-0.2, 0) is 6.61 Å². The van der Waals surface area contributed by atoms with Gasteiger partial charge in [-0.25, -0.2) is 9.97 Å². The number of halogens is 2. The van der Waals surface area contributed by atoms with E-state index in [1.54, 1.807) is 12.3 Å². The summed E-state index contributed by atoms with van der Waals surface area (Å²) >= 11 is 14.0. The highest BCUT2D eigenvalue weighted by molar-refractivity contribution is 7.99. The van der Waals surface area contributed by atoms with E-state index in [0.717, 1.165) is 53.8 Å². The molecule has 0 bridgehead atoms. The number of benzene rings is 1. The van der Waals surface area contributed by atoms with Crippen LogP contribution >= 0.6 is 35.0 Å². The van der Waals surface area contributed by atoms with Crippen molar-refractivity contribution in [3.8, 4) is 0 Å². The summed E-state index contributed by atoms with van der Waals surface area (Å²) in [6.45, 7) is 1.77. The maximum absolute atomic E-state index is 9.95. The average Bonchev–Trinajstić information content (AvgIpc) is 3.37. The number of rotatable bonds is 4. The second kappa shape index (κ2) is 8.45. The first-order valence-corrected chi connectivity index (χ1v) is 12.2. The number of aromatic nitrogens is 3. The van der Waals surface area contributed by atoms with Gasteiger partial charge < -0.3 is 15.7 Å². The monoisotopic (exact) mass is 477 g/mol. The summed E-state index contributed by atoms with van der Waals surface area (Å²) in [5, 5.41) is 11.7. The predicted molar refractivity (Wildman–Crippen MR) is 125 cm³/mol. The Morgan fingerprint density at radius 1 is 1.16 bits per heavy atom. The number of hydrogen-bond donors (Lipinski definition) is 2. The standard InChI is InChI=1S/C22H25Cl2N5OS/c23-15-3-1-4-16(19(15)24)31-21-20-26-11-14(13-30)29(20)18(12-27-21)28-9-7-22(8-10-28)6-2-5-17(22)25/h1,3-4,11-12,17,30H,2,5-10,13,25H2. The fourth-order valence-corrected chi connectivity index (χ4v) is 6.43. The van der Waals surface area contributed by atoms with E-state index in [0.29, 0.717) is 21.7 Å². The zero-order valence-corrected chi connectivity index (χ0v) is 19.4. The molecule has 1 aliphatic carbocycles. The quantitative estimate of drug-likeness (QED) is 0.562. The molecule has 31 heavy (non-hydrogen) atoms. The summed E-state index contributed by atoms with van der Waals surface area (Å²) in [5.41, 5.74) is 8.20. The summed E-state index contributed by atoms with van der Waals surface area (Å²) in [7, 11) is 0. The number of anilines is 1. The Labute approximate surface area is 195 Å². The van der Waals surface area contributed by atoms with Crippen LogP contribution in [0.25, 0.3) is 5.65 Å². The molecule has 5 rings (SSSR count). The van der Waals surface area contributed by atoms with Gasteiger partial charge in [-0.15, -0.1) is 0 Å². The van der Waals surface area contributed by atoms with Gasteiger partial charge in [0.25, 0.3) is 0 Å². The van der Waals surface area contributed by atoms with E-state index in [4.69, 9.17) is 33.9 Å². The van der Waals surface area contributed by atoms with Crippen LogP contribution in [0, 0.1) is 5.41 Å². The highest BCUT2D eigenvalue weighted by Gasteiger charge is 2.43. The van der Waals surface area contributed by atoms with Crippen LogP contribution in [0.4, 0.5) is 5.82 Å². The molecule has 3 aromatic rings. The fraction of sp³-hybridized carbons (Fsp3) is 0.455. The van der Waals surface area contributed by atoms with Crippen molar-refractivity contribution < 1.29 is 5.11 Å². The van der Waals surface area contributed by atoms with E-state index in [9.17, 15) is 5.11 Å². The fourth-order valence-electron chi connectivity index (χ4n) is 5.07. The van der Waals surface area contributed by atoms with E-state index in [1.807, 2.05) is 22.7 Å². The second-order valence-electron chi connectivity index (χ2n) is 8.49. The van der Waals surface area contributed by atoms with Crippen LogP contribution in [0.1, 0.15) is 37.8 Å². The van der Waals surface area contributed by atoms with Gasteiger partial charge in [-0.05, 0) is 43.2 Å². The normalized spacial score (nSPS) is 20.8. The first kappa shape index (κ1) is 21.3. The Morgan fingerprint density at radius 2 is 1.97 bits per heavy atom. The number of fused-ring (bicyclic) bond motifs is 1. The molecule has 2 aromatic heterocycles. The minimum Gasteiger partial charge on any atom is -0.390 e. The first-order chi connectivity index (χ1) is 15.0. The predicted octanol–water partition coefficient (Wildman–Crippen LogP) is 4.78. The van der Waals surface area contributed by atoms with Crippen LogP contribution in [0.15, 0.2) is 40.5 Å². The molecule has 1 unspecified atom stereocenters. The second-order valence-corrected chi connectivity index (χ2v) is 10.3. The summed E-state index contributed by atoms with van der Waals surface area (Å²) in [5.74, 6) is 0.958. The molecule has 6 nitrogen and oxygen atoms in total. The molecule has 2 aliphatic rings. The van der Waals surface area contributed by atoms with Gasteiger partial charge in [-0.2, -0.15) is 0 Å². The molecular weight excluding hydrogens is 453 g/mol. The van der Waals surface area contributed by atoms with E-state index in [2.05, 4.69) is 9.88 Å². The van der Waals surface area contributed by atoms with E-state index < -0.39 is 0 Å². The largest absolute Gasteiger partial charge is 0.390 e. The van der Waals surface area contributed by atoms with Crippen molar-refractivity contribution in [2.75, 3.05) is 18.0 Å². The third-order valence-corrected chi connectivity index (χ3v) is 8.87. The van der Waals surface area contributed by atoms with Crippen molar-refractivity contribution in [2.24, 2.45) is 11.1 Å². The molecule has 0 amide bonds. The number of hydrogen-bond acceptors (Lipinski definition) is 6. The van der Waals surface area contributed by atoms with Gasteiger partial charge in [0.1, 0.15) is 10.8 Å². The van der Waals surface area contributed by atoms with Crippen molar-refractivity contribution >= 4 is 46.4 Å². The van der Waals surface area contributed by atoms with E-state index >= 15 is 0 Å². The number of nitrogens with zero attached hydrogens (tertiary/aromatic N) is 4. The Hall–Kier alpha value is -1.51. The highest BCUT2D eigenvalue weighted by Crippen LogP contribution is 2.46. The van der Waals surface area contributed by atoms with Gasteiger partial charge >= 0.3 is 0 Å². The van der Waals surface area contributed by atoms with Gasteiger partial charge in [0.05, 0.1) is 34.7 Å². The SMILES string of the molecule is NC1CCCC12CCN(c1cnc(Sc3cccc(Cl)c3Cl)c3ncc(CO)n13)CC2. The number of imidazole rings is 1. The highest BCUT2D eigenvalue weighted by atomic mass is 35.5. The lowest BCUT2D eigenvalue weighted by molar-refractivity contribution is 0.197. The van der Waals surface area contributed by atoms with E-state index in [1.165, 1.54) is 24.6 Å². The van der Waals surface area contributed by atoms with Crippen molar-refractivity contribution in [1.29, 1.82) is 0 Å². The Kier molecular flexibility index (Phi) is 5.81. The van der Waals surface area contributed by atoms with Crippen LogP contribution < -0.4 is 10.6 Å². The molecule has 3 heterocycles. The zero-order valence-electron chi connectivity index (χ0n) is 17.1. The lowest BCUT2D eigenvalue weighted by Gasteiger charge is -2.43. The summed E-state index contributed by atoms with van der Waals surface area (Å²) < 4.78 is 2.01. The van der Waals surface area contributed by atoms with Crippen LogP contribution in [0.3, 0.4) is 0 Å². The van der Waals surface area contributed by atoms with Gasteiger partial charge in [-0.3, -0.25) is 4.40 Å².